The number of likely N-dealkylation sites (tertiary alicyclic amines) is 1. The number of aliphatic hydroxyl groups excluding tert-OH is 1. The summed E-state index contributed by atoms with van der Waals surface area (Å²) in [5.41, 5.74) is 2.42. The largest absolute Gasteiger partial charge is 0.493 e. The average Bonchev–Trinajstić information content (AvgIpc) is 3.71. The molecule has 0 spiro atoms. The van der Waals surface area contributed by atoms with Gasteiger partial charge in [-0.1, -0.05) is 77.4 Å². The fourth-order valence-electron chi connectivity index (χ4n) is 5.36. The van der Waals surface area contributed by atoms with E-state index in [1.807, 2.05) is 44.2 Å². The summed E-state index contributed by atoms with van der Waals surface area (Å²) in [4.78, 5) is 14.8. The molecule has 10 heteroatoms. The average molecular weight is 643 g/mol. The Bertz CT molecular complexity index is 1310. The molecule has 0 aromatic heterocycles. The predicted octanol–water partition coefficient (Wildman–Crippen LogP) is 4.36. The molecule has 4 rings (SSSR count). The van der Waals surface area contributed by atoms with Crippen LogP contribution in [0, 0.1) is 5.92 Å². The Morgan fingerprint density at radius 2 is 1.76 bits per heavy atom. The predicted molar refractivity (Wildman–Crippen MR) is 181 cm³/mol. The number of nitrogens with one attached hydrogen (secondary N) is 2. The summed E-state index contributed by atoms with van der Waals surface area (Å²) in [5, 5.41) is 17.7. The van der Waals surface area contributed by atoms with Gasteiger partial charge >= 0.3 is 0 Å². The molecule has 9 nitrogen and oxygen atoms in total. The Hall–Kier alpha value is -2.92. The van der Waals surface area contributed by atoms with E-state index in [1.54, 1.807) is 18.2 Å². The van der Waals surface area contributed by atoms with Crippen molar-refractivity contribution in [2.45, 2.75) is 83.3 Å². The fraction of sp³-hybridized carbons (Fsp3) is 0.571. The van der Waals surface area contributed by atoms with Crippen LogP contribution in [0.5, 0.6) is 5.75 Å². The van der Waals surface area contributed by atoms with Gasteiger partial charge in [-0.3, -0.25) is 9.69 Å². The second-order valence-electron chi connectivity index (χ2n) is 12.5. The first-order chi connectivity index (χ1) is 21.5. The van der Waals surface area contributed by atoms with E-state index in [4.69, 9.17) is 4.74 Å². The number of sulfonamides is 1. The normalized spacial score (nSPS) is 16.0. The molecule has 0 radical (unpaired) electrons. The first-order valence-electron chi connectivity index (χ1n) is 16.4. The molecule has 1 fully saturated rings. The third-order valence-electron chi connectivity index (χ3n) is 7.98. The monoisotopic (exact) mass is 642 g/mol. The van der Waals surface area contributed by atoms with Gasteiger partial charge in [-0.25, -0.2) is 8.42 Å². The third-order valence-corrected chi connectivity index (χ3v) is 9.80. The number of ether oxygens (including phenoxy) is 1. The van der Waals surface area contributed by atoms with Gasteiger partial charge in [0, 0.05) is 25.2 Å². The highest BCUT2D eigenvalue weighted by Gasteiger charge is 2.32. The Morgan fingerprint density at radius 3 is 2.40 bits per heavy atom. The summed E-state index contributed by atoms with van der Waals surface area (Å²) in [6.07, 6.45) is 4.95. The van der Waals surface area contributed by atoms with Gasteiger partial charge in [-0.15, -0.1) is 0 Å². The Kier molecular flexibility index (Phi) is 14.8. The SMILES string of the molecule is C=C(CNC(=O)CN1CCCC1)N[C@@H](Cc1ccccc1)[C@H](O)CN(CC(C)C)S(=O)(=O)c1ccc2c(c1)CCO2.CCCC. The van der Waals surface area contributed by atoms with Crippen LogP contribution in [-0.2, 0) is 27.7 Å². The van der Waals surface area contributed by atoms with Crippen LogP contribution in [0.1, 0.15) is 64.5 Å². The molecule has 1 saturated heterocycles. The number of nitrogens with zero attached hydrogens (tertiary/aromatic N) is 2. The maximum Gasteiger partial charge on any atom is 0.243 e. The van der Waals surface area contributed by atoms with Crippen molar-refractivity contribution >= 4 is 15.9 Å². The smallest absolute Gasteiger partial charge is 0.243 e. The van der Waals surface area contributed by atoms with Crippen LogP contribution < -0.4 is 15.4 Å². The number of benzene rings is 2. The lowest BCUT2D eigenvalue weighted by Gasteiger charge is -2.31. The quantitative estimate of drug-likeness (QED) is 0.250. The van der Waals surface area contributed by atoms with Gasteiger partial charge < -0.3 is 20.5 Å². The topological polar surface area (TPSA) is 111 Å². The number of rotatable bonds is 16. The zero-order valence-electron chi connectivity index (χ0n) is 27.6. The summed E-state index contributed by atoms with van der Waals surface area (Å²) in [6, 6.07) is 14.2. The molecule has 250 valence electrons. The maximum absolute atomic E-state index is 13.8. The van der Waals surface area contributed by atoms with Gasteiger partial charge in [0.2, 0.25) is 15.9 Å². The molecule has 2 aliphatic rings. The number of hydrogen-bond donors (Lipinski definition) is 3. The summed E-state index contributed by atoms with van der Waals surface area (Å²) < 4.78 is 34.6. The molecule has 0 saturated carbocycles. The second kappa shape index (κ2) is 18.3. The first kappa shape index (κ1) is 36.5. The fourth-order valence-corrected chi connectivity index (χ4v) is 7.03. The van der Waals surface area contributed by atoms with Gasteiger partial charge in [-0.2, -0.15) is 4.31 Å². The summed E-state index contributed by atoms with van der Waals surface area (Å²) in [7, 11) is -3.87. The summed E-state index contributed by atoms with van der Waals surface area (Å²) >= 11 is 0. The van der Waals surface area contributed by atoms with E-state index in [1.165, 1.54) is 17.1 Å². The number of hydrogen-bond acceptors (Lipinski definition) is 7. The zero-order valence-corrected chi connectivity index (χ0v) is 28.4. The minimum Gasteiger partial charge on any atom is -0.493 e. The number of carbonyl (C=O) groups excluding carboxylic acids is 1. The Balaban J connectivity index is 0.00000130. The van der Waals surface area contributed by atoms with Gasteiger partial charge in [0.15, 0.2) is 0 Å². The van der Waals surface area contributed by atoms with Crippen LogP contribution in [0.2, 0.25) is 0 Å². The third kappa shape index (κ3) is 11.7. The van der Waals surface area contributed by atoms with Gasteiger partial charge in [0.25, 0.3) is 0 Å². The van der Waals surface area contributed by atoms with E-state index >= 15 is 0 Å². The van der Waals surface area contributed by atoms with Crippen LogP contribution >= 0.6 is 0 Å². The van der Waals surface area contributed by atoms with Crippen molar-refractivity contribution in [3.8, 4) is 5.75 Å². The van der Waals surface area contributed by atoms with Crippen molar-refractivity contribution in [1.29, 1.82) is 0 Å². The highest BCUT2D eigenvalue weighted by molar-refractivity contribution is 7.89. The first-order valence-corrected chi connectivity index (χ1v) is 17.9. The molecule has 2 atom stereocenters. The number of carbonyl (C=O) groups is 1. The molecular weight excluding hydrogens is 588 g/mol. The molecule has 1 amide bonds. The Morgan fingerprint density at radius 1 is 1.07 bits per heavy atom. The van der Waals surface area contributed by atoms with E-state index in [0.717, 1.165) is 42.8 Å². The van der Waals surface area contributed by atoms with Gasteiger partial charge in [0.05, 0.1) is 36.7 Å². The van der Waals surface area contributed by atoms with Crippen molar-refractivity contribution < 1.29 is 23.1 Å². The number of amides is 1. The van der Waals surface area contributed by atoms with E-state index in [0.29, 0.717) is 31.7 Å². The van der Waals surface area contributed by atoms with E-state index < -0.39 is 22.2 Å². The molecule has 2 aromatic carbocycles. The highest BCUT2D eigenvalue weighted by atomic mass is 32.2. The van der Waals surface area contributed by atoms with Crippen LogP contribution in [0.3, 0.4) is 0 Å². The van der Waals surface area contributed by atoms with Crippen molar-refractivity contribution in [3.05, 3.63) is 71.9 Å². The van der Waals surface area contributed by atoms with Crippen LogP contribution in [-0.4, -0.2) is 86.7 Å². The maximum atomic E-state index is 13.8. The van der Waals surface area contributed by atoms with Crippen molar-refractivity contribution in [3.63, 3.8) is 0 Å². The molecule has 0 bridgehead atoms. The van der Waals surface area contributed by atoms with E-state index in [-0.39, 0.29) is 36.4 Å². The molecular formula is C35H54N4O5S. The highest BCUT2D eigenvalue weighted by Crippen LogP contribution is 2.29. The van der Waals surface area contributed by atoms with Crippen molar-refractivity contribution in [1.82, 2.24) is 19.8 Å². The summed E-state index contributed by atoms with van der Waals surface area (Å²) in [5.74, 6) is 0.706. The zero-order chi connectivity index (χ0) is 32.8. The number of aliphatic hydroxyl groups is 1. The number of unbranched alkanes of at least 4 members (excludes halogenated alkanes) is 1. The van der Waals surface area contributed by atoms with Crippen LogP contribution in [0.25, 0.3) is 0 Å². The van der Waals surface area contributed by atoms with Crippen LogP contribution in [0.15, 0.2) is 65.7 Å². The van der Waals surface area contributed by atoms with E-state index in [2.05, 4.69) is 36.0 Å². The summed E-state index contributed by atoms with van der Waals surface area (Å²) in [6.45, 7) is 15.5. The molecule has 0 aliphatic carbocycles. The van der Waals surface area contributed by atoms with Crippen molar-refractivity contribution in [2.24, 2.45) is 5.92 Å². The minimum atomic E-state index is -3.87. The molecule has 2 aliphatic heterocycles. The van der Waals surface area contributed by atoms with Gasteiger partial charge in [0.1, 0.15) is 5.75 Å². The lowest BCUT2D eigenvalue weighted by Crippen LogP contribution is -2.50. The molecule has 45 heavy (non-hydrogen) atoms. The van der Waals surface area contributed by atoms with Crippen LogP contribution in [0.4, 0.5) is 0 Å². The molecule has 2 heterocycles. The second-order valence-corrected chi connectivity index (χ2v) is 14.4. The standard InChI is InChI=1S/C31H44N4O5S.C4H10/c1-23(2)20-35(41(38,39)27-11-12-30-26(18-27)13-16-40-30)21-29(36)28(17-25-9-5-4-6-10-25)33-24(3)19-32-31(37)22-34-14-7-8-15-34;1-3-4-2/h4-6,9-12,18,23,28-29,33,36H,3,7-8,13-17,19-22H2,1-2H3,(H,32,37);3-4H2,1-2H3/t28-,29+;/m0./s1. The lowest BCUT2D eigenvalue weighted by molar-refractivity contribution is -0.121. The Labute approximate surface area is 271 Å². The van der Waals surface area contributed by atoms with E-state index in [9.17, 15) is 18.3 Å². The molecule has 3 N–H and O–H groups in total. The minimum absolute atomic E-state index is 0.0519. The number of fused-ring (bicyclic) bond motifs is 1. The van der Waals surface area contributed by atoms with Gasteiger partial charge in [-0.05, 0) is 67.6 Å². The van der Waals surface area contributed by atoms with Crippen molar-refractivity contribution in [2.75, 3.05) is 45.9 Å². The molecule has 0 unspecified atom stereocenters. The molecule has 2 aromatic rings. The lowest BCUT2D eigenvalue weighted by atomic mass is 10.0.